The van der Waals surface area contributed by atoms with Crippen LogP contribution < -0.4 is 15.5 Å². The second-order valence-corrected chi connectivity index (χ2v) is 6.73. The summed E-state index contributed by atoms with van der Waals surface area (Å²) < 4.78 is 5.05. The van der Waals surface area contributed by atoms with Gasteiger partial charge in [0.2, 0.25) is 5.91 Å². The van der Waals surface area contributed by atoms with Crippen molar-refractivity contribution in [1.82, 2.24) is 0 Å². The molecule has 0 aliphatic carbocycles. The van der Waals surface area contributed by atoms with Gasteiger partial charge in [0.15, 0.2) is 5.76 Å². The summed E-state index contributed by atoms with van der Waals surface area (Å²) in [7, 11) is 0. The molecule has 0 spiro atoms. The van der Waals surface area contributed by atoms with E-state index in [2.05, 4.69) is 10.6 Å². The van der Waals surface area contributed by atoms with Crippen molar-refractivity contribution in [2.24, 2.45) is 0 Å². The number of nitrogens with zero attached hydrogens (tertiary/aromatic N) is 1. The highest BCUT2D eigenvalue weighted by atomic mass is 16.3. The van der Waals surface area contributed by atoms with Gasteiger partial charge in [-0.1, -0.05) is 0 Å². The van der Waals surface area contributed by atoms with Gasteiger partial charge in [-0.3, -0.25) is 14.4 Å². The highest BCUT2D eigenvalue weighted by molar-refractivity contribution is 6.06. The lowest BCUT2D eigenvalue weighted by Gasteiger charge is -2.15. The number of amides is 3. The highest BCUT2D eigenvalue weighted by Crippen LogP contribution is 2.30. The van der Waals surface area contributed by atoms with Crippen LogP contribution in [-0.4, -0.2) is 24.3 Å². The zero-order valence-corrected chi connectivity index (χ0v) is 15.8. The Morgan fingerprint density at radius 3 is 2.34 bits per heavy atom. The Morgan fingerprint density at radius 2 is 1.66 bits per heavy atom. The minimum Gasteiger partial charge on any atom is -0.459 e. The predicted molar refractivity (Wildman–Crippen MR) is 109 cm³/mol. The Morgan fingerprint density at radius 1 is 0.931 bits per heavy atom. The zero-order valence-electron chi connectivity index (χ0n) is 15.8. The first kappa shape index (κ1) is 18.5. The molecule has 1 aliphatic heterocycles. The van der Waals surface area contributed by atoms with Crippen LogP contribution in [0.3, 0.4) is 0 Å². The average Bonchev–Trinajstić information content (AvgIpc) is 3.38. The molecule has 0 saturated heterocycles. The van der Waals surface area contributed by atoms with E-state index in [4.69, 9.17) is 4.42 Å². The van der Waals surface area contributed by atoms with Crippen molar-refractivity contribution in [2.75, 3.05) is 22.1 Å². The largest absolute Gasteiger partial charge is 0.459 e. The number of carbonyl (C=O) groups is 3. The van der Waals surface area contributed by atoms with Crippen LogP contribution >= 0.6 is 0 Å². The Kier molecular flexibility index (Phi) is 4.87. The first-order valence-electron chi connectivity index (χ1n) is 9.18. The van der Waals surface area contributed by atoms with Gasteiger partial charge >= 0.3 is 0 Å². The molecule has 2 heterocycles. The van der Waals surface area contributed by atoms with E-state index in [0.717, 1.165) is 17.7 Å². The van der Waals surface area contributed by atoms with Gasteiger partial charge in [0.1, 0.15) is 0 Å². The number of benzene rings is 2. The van der Waals surface area contributed by atoms with Crippen LogP contribution in [0.25, 0.3) is 0 Å². The Hall–Kier alpha value is -3.87. The van der Waals surface area contributed by atoms with E-state index in [0.29, 0.717) is 23.5 Å². The maximum atomic E-state index is 12.5. The summed E-state index contributed by atoms with van der Waals surface area (Å²) in [6.07, 6.45) is 2.20. The molecule has 3 amide bonds. The highest BCUT2D eigenvalue weighted by Gasteiger charge is 2.22. The lowest BCUT2D eigenvalue weighted by molar-refractivity contribution is -0.116. The lowest BCUT2D eigenvalue weighted by Crippen LogP contribution is -2.25. The molecule has 0 bridgehead atoms. The SMILES string of the molecule is CC(=O)N1CCc2cc(NC(=O)c3ccc(NC(=O)c4ccco4)cc3)ccc21. The molecule has 2 N–H and O–H groups in total. The number of hydrogen-bond donors (Lipinski definition) is 2. The fraction of sp³-hybridized carbons (Fsp3) is 0.136. The minimum atomic E-state index is -0.357. The van der Waals surface area contributed by atoms with E-state index in [1.807, 2.05) is 12.1 Å². The quantitative estimate of drug-likeness (QED) is 0.712. The van der Waals surface area contributed by atoms with E-state index < -0.39 is 0 Å². The van der Waals surface area contributed by atoms with E-state index in [9.17, 15) is 14.4 Å². The smallest absolute Gasteiger partial charge is 0.291 e. The van der Waals surface area contributed by atoms with Crippen LogP contribution in [-0.2, 0) is 11.2 Å². The molecule has 29 heavy (non-hydrogen) atoms. The van der Waals surface area contributed by atoms with Gasteiger partial charge in [-0.05, 0) is 66.6 Å². The maximum absolute atomic E-state index is 12.5. The summed E-state index contributed by atoms with van der Waals surface area (Å²) in [6, 6.07) is 15.3. The summed E-state index contributed by atoms with van der Waals surface area (Å²) in [5, 5.41) is 5.57. The average molecular weight is 389 g/mol. The topological polar surface area (TPSA) is 91.7 Å². The number of nitrogens with one attached hydrogen (secondary N) is 2. The van der Waals surface area contributed by atoms with Crippen LogP contribution in [0.15, 0.2) is 65.3 Å². The van der Waals surface area contributed by atoms with Crippen molar-refractivity contribution in [2.45, 2.75) is 13.3 Å². The Labute approximate surface area is 167 Å². The molecule has 0 atom stereocenters. The molecule has 4 rings (SSSR count). The Bertz CT molecular complexity index is 1070. The van der Waals surface area contributed by atoms with Gasteiger partial charge in [-0.2, -0.15) is 0 Å². The monoisotopic (exact) mass is 389 g/mol. The third-order valence-corrected chi connectivity index (χ3v) is 4.76. The van der Waals surface area contributed by atoms with Crippen molar-refractivity contribution >= 4 is 34.8 Å². The molecular formula is C22H19N3O4. The number of anilines is 3. The van der Waals surface area contributed by atoms with Crippen LogP contribution in [0.2, 0.25) is 0 Å². The molecule has 7 heteroatoms. The number of carbonyl (C=O) groups excluding carboxylic acids is 3. The number of fused-ring (bicyclic) bond motifs is 1. The number of rotatable bonds is 4. The summed E-state index contributed by atoms with van der Waals surface area (Å²) in [6.45, 7) is 2.21. The molecule has 1 aromatic heterocycles. The van der Waals surface area contributed by atoms with Gasteiger partial charge in [-0.25, -0.2) is 0 Å². The fourth-order valence-corrected chi connectivity index (χ4v) is 3.32. The van der Waals surface area contributed by atoms with Crippen molar-refractivity contribution in [3.63, 3.8) is 0 Å². The first-order valence-corrected chi connectivity index (χ1v) is 9.18. The number of furan rings is 1. The maximum Gasteiger partial charge on any atom is 0.291 e. The third-order valence-electron chi connectivity index (χ3n) is 4.76. The van der Waals surface area contributed by atoms with Gasteiger partial charge in [0.05, 0.1) is 6.26 Å². The zero-order chi connectivity index (χ0) is 20.4. The van der Waals surface area contributed by atoms with Crippen molar-refractivity contribution < 1.29 is 18.8 Å². The molecule has 3 aromatic rings. The van der Waals surface area contributed by atoms with Crippen LogP contribution in [0.5, 0.6) is 0 Å². The molecule has 146 valence electrons. The van der Waals surface area contributed by atoms with Gasteiger partial charge in [0.25, 0.3) is 11.8 Å². The van der Waals surface area contributed by atoms with Crippen LogP contribution in [0.4, 0.5) is 17.1 Å². The summed E-state index contributed by atoms with van der Waals surface area (Å²) in [4.78, 5) is 37.9. The van der Waals surface area contributed by atoms with Gasteiger partial charge < -0.3 is 20.0 Å². The van der Waals surface area contributed by atoms with Crippen LogP contribution in [0, 0.1) is 0 Å². The number of hydrogen-bond acceptors (Lipinski definition) is 4. The lowest BCUT2D eigenvalue weighted by atomic mass is 10.1. The normalized spacial score (nSPS) is 12.4. The van der Waals surface area contributed by atoms with E-state index in [-0.39, 0.29) is 23.5 Å². The molecule has 1 aliphatic rings. The second kappa shape index (κ2) is 7.63. The predicted octanol–water partition coefficient (Wildman–Crippen LogP) is 3.69. The van der Waals surface area contributed by atoms with Crippen molar-refractivity contribution in [3.8, 4) is 0 Å². The third kappa shape index (κ3) is 3.89. The van der Waals surface area contributed by atoms with Crippen molar-refractivity contribution in [3.05, 3.63) is 77.7 Å². The molecule has 0 unspecified atom stereocenters. The molecule has 0 radical (unpaired) electrons. The standard InChI is InChI=1S/C22H19N3O4/c1-14(26)25-11-10-16-13-18(8-9-19(16)25)24-21(27)15-4-6-17(7-5-15)23-22(28)20-3-2-12-29-20/h2-9,12-13H,10-11H2,1H3,(H,23,28)(H,24,27). The Balaban J connectivity index is 1.41. The molecule has 2 aromatic carbocycles. The minimum absolute atomic E-state index is 0.0137. The van der Waals surface area contributed by atoms with Gasteiger partial charge in [-0.15, -0.1) is 0 Å². The van der Waals surface area contributed by atoms with Gasteiger partial charge in [0, 0.05) is 36.1 Å². The van der Waals surface area contributed by atoms with E-state index >= 15 is 0 Å². The fourth-order valence-electron chi connectivity index (χ4n) is 3.32. The molecular weight excluding hydrogens is 370 g/mol. The summed E-state index contributed by atoms with van der Waals surface area (Å²) >= 11 is 0. The van der Waals surface area contributed by atoms with E-state index in [1.165, 1.54) is 6.26 Å². The van der Waals surface area contributed by atoms with Crippen LogP contribution in [0.1, 0.15) is 33.4 Å². The summed E-state index contributed by atoms with van der Waals surface area (Å²) in [5.41, 5.74) is 3.63. The molecule has 0 fully saturated rings. The molecule has 0 saturated carbocycles. The summed E-state index contributed by atoms with van der Waals surface area (Å²) in [5.74, 6) is -0.383. The molecule has 7 nitrogen and oxygen atoms in total. The second-order valence-electron chi connectivity index (χ2n) is 6.73. The van der Waals surface area contributed by atoms with E-state index in [1.54, 1.807) is 54.3 Å². The first-order chi connectivity index (χ1) is 14.0. The van der Waals surface area contributed by atoms with Crippen molar-refractivity contribution in [1.29, 1.82) is 0 Å².